The summed E-state index contributed by atoms with van der Waals surface area (Å²) in [5, 5.41) is 10.3. The Hall–Kier alpha value is -0.900. The molecule has 0 spiro atoms. The molecule has 2 atom stereocenters. The van der Waals surface area contributed by atoms with E-state index in [1.807, 2.05) is 0 Å². The number of benzene rings is 1. The molecule has 0 bridgehead atoms. The zero-order valence-electron chi connectivity index (χ0n) is 13.0. The summed E-state index contributed by atoms with van der Waals surface area (Å²) in [6, 6.07) is 8.34. The molecule has 2 unspecified atom stereocenters. The fourth-order valence-electron chi connectivity index (χ4n) is 3.07. The van der Waals surface area contributed by atoms with Crippen LogP contribution in [0.3, 0.4) is 0 Å². The van der Waals surface area contributed by atoms with Crippen LogP contribution >= 0.6 is 0 Å². The molecule has 2 rings (SSSR count). The molecule has 1 aliphatic heterocycles. The van der Waals surface area contributed by atoms with Gasteiger partial charge < -0.3 is 14.9 Å². The van der Waals surface area contributed by atoms with Gasteiger partial charge in [-0.15, -0.1) is 0 Å². The normalized spacial score (nSPS) is 21.6. The maximum absolute atomic E-state index is 10.3. The summed E-state index contributed by atoms with van der Waals surface area (Å²) in [6.45, 7) is 6.34. The van der Waals surface area contributed by atoms with Crippen LogP contribution in [0.4, 0.5) is 0 Å². The van der Waals surface area contributed by atoms with Crippen LogP contribution in [-0.2, 0) is 6.42 Å². The maximum Gasteiger partial charge on any atom is 0.0916 e. The third-order valence-corrected chi connectivity index (χ3v) is 4.32. The Balaban J connectivity index is 1.81. The van der Waals surface area contributed by atoms with Crippen molar-refractivity contribution in [3.05, 3.63) is 35.4 Å². The zero-order valence-corrected chi connectivity index (χ0v) is 13.0. The molecule has 1 saturated heterocycles. The van der Waals surface area contributed by atoms with E-state index in [1.54, 1.807) is 0 Å². The van der Waals surface area contributed by atoms with E-state index in [1.165, 1.54) is 25.1 Å². The fraction of sp³-hybridized carbons (Fsp3) is 0.647. The van der Waals surface area contributed by atoms with E-state index >= 15 is 0 Å². The molecule has 0 saturated carbocycles. The van der Waals surface area contributed by atoms with Gasteiger partial charge in [-0.25, -0.2) is 0 Å². The van der Waals surface area contributed by atoms with Gasteiger partial charge in [0.1, 0.15) is 0 Å². The summed E-state index contributed by atoms with van der Waals surface area (Å²) in [5.41, 5.74) is 2.35. The van der Waals surface area contributed by atoms with Gasteiger partial charge in [0, 0.05) is 19.6 Å². The molecule has 0 aliphatic carbocycles. The van der Waals surface area contributed by atoms with E-state index in [-0.39, 0.29) is 6.10 Å². The summed E-state index contributed by atoms with van der Waals surface area (Å²) in [7, 11) is 4.30. The molecule has 1 fully saturated rings. The summed E-state index contributed by atoms with van der Waals surface area (Å²) in [5.74, 6) is 0.750. The van der Waals surface area contributed by atoms with Gasteiger partial charge in [-0.1, -0.05) is 31.2 Å². The summed E-state index contributed by atoms with van der Waals surface area (Å²) in [4.78, 5) is 4.65. The highest BCUT2D eigenvalue weighted by Gasteiger charge is 2.21. The summed E-state index contributed by atoms with van der Waals surface area (Å²) >= 11 is 0. The molecule has 0 amide bonds. The molecule has 1 N–H and O–H groups in total. The number of aliphatic hydroxyl groups excluding tert-OH is 1. The van der Waals surface area contributed by atoms with E-state index in [0.29, 0.717) is 6.54 Å². The minimum Gasteiger partial charge on any atom is -0.387 e. The first-order valence-electron chi connectivity index (χ1n) is 7.72. The van der Waals surface area contributed by atoms with E-state index in [9.17, 15) is 5.11 Å². The Morgan fingerprint density at radius 2 is 2.05 bits per heavy atom. The Morgan fingerprint density at radius 1 is 1.35 bits per heavy atom. The van der Waals surface area contributed by atoms with Crippen molar-refractivity contribution in [1.29, 1.82) is 0 Å². The van der Waals surface area contributed by atoms with Crippen LogP contribution in [0, 0.1) is 5.92 Å². The third kappa shape index (κ3) is 4.30. The highest BCUT2D eigenvalue weighted by molar-refractivity contribution is 5.24. The smallest absolute Gasteiger partial charge is 0.0916 e. The first-order valence-corrected chi connectivity index (χ1v) is 7.72. The van der Waals surface area contributed by atoms with Crippen molar-refractivity contribution in [2.24, 2.45) is 5.92 Å². The molecule has 1 aliphatic rings. The predicted octanol–water partition coefficient (Wildman–Crippen LogP) is 2.17. The topological polar surface area (TPSA) is 26.7 Å². The number of hydrogen-bond donors (Lipinski definition) is 1. The summed E-state index contributed by atoms with van der Waals surface area (Å²) < 4.78 is 0. The van der Waals surface area contributed by atoms with E-state index in [4.69, 9.17) is 0 Å². The Kier molecular flexibility index (Phi) is 5.58. The number of likely N-dealkylation sites (tertiary alicyclic amines) is 1. The van der Waals surface area contributed by atoms with Crippen LogP contribution in [0.2, 0.25) is 0 Å². The molecule has 1 heterocycles. The van der Waals surface area contributed by atoms with Crippen LogP contribution in [0.1, 0.15) is 30.6 Å². The molecule has 1 aromatic carbocycles. The van der Waals surface area contributed by atoms with Crippen LogP contribution < -0.4 is 0 Å². The van der Waals surface area contributed by atoms with Crippen molar-refractivity contribution in [2.45, 2.75) is 25.9 Å². The second kappa shape index (κ2) is 7.21. The van der Waals surface area contributed by atoms with Gasteiger partial charge in [-0.2, -0.15) is 0 Å². The Morgan fingerprint density at radius 3 is 2.60 bits per heavy atom. The SMILES string of the molecule is CCc1ccc(C(O)CN(C)CC2CCN(C)C2)cc1. The van der Waals surface area contributed by atoms with Crippen molar-refractivity contribution in [3.63, 3.8) is 0 Å². The van der Waals surface area contributed by atoms with Crippen molar-refractivity contribution >= 4 is 0 Å². The predicted molar refractivity (Wildman–Crippen MR) is 83.9 cm³/mol. The number of nitrogens with zero attached hydrogens (tertiary/aromatic N) is 2. The molecule has 112 valence electrons. The van der Waals surface area contributed by atoms with E-state index in [0.717, 1.165) is 24.4 Å². The Bertz CT molecular complexity index is 404. The van der Waals surface area contributed by atoms with Crippen molar-refractivity contribution in [2.75, 3.05) is 40.3 Å². The molecule has 3 heteroatoms. The highest BCUT2D eigenvalue weighted by Crippen LogP contribution is 2.18. The second-order valence-electron chi connectivity index (χ2n) is 6.25. The maximum atomic E-state index is 10.3. The van der Waals surface area contributed by atoms with Crippen LogP contribution in [0.25, 0.3) is 0 Å². The highest BCUT2D eigenvalue weighted by atomic mass is 16.3. The number of aliphatic hydroxyl groups is 1. The number of rotatable bonds is 6. The quantitative estimate of drug-likeness (QED) is 0.862. The number of hydrogen-bond acceptors (Lipinski definition) is 3. The lowest BCUT2D eigenvalue weighted by atomic mass is 10.0. The molecule has 0 aromatic heterocycles. The average molecular weight is 276 g/mol. The van der Waals surface area contributed by atoms with E-state index in [2.05, 4.69) is 55.1 Å². The lowest BCUT2D eigenvalue weighted by molar-refractivity contribution is 0.119. The van der Waals surface area contributed by atoms with Gasteiger partial charge in [-0.05, 0) is 50.5 Å². The number of aryl methyl sites for hydroxylation is 1. The van der Waals surface area contributed by atoms with Crippen LogP contribution in [-0.4, -0.2) is 55.2 Å². The monoisotopic (exact) mass is 276 g/mol. The summed E-state index contributed by atoms with van der Waals surface area (Å²) in [6.07, 6.45) is 1.94. The van der Waals surface area contributed by atoms with Gasteiger partial charge in [0.15, 0.2) is 0 Å². The molecular weight excluding hydrogens is 248 g/mol. The van der Waals surface area contributed by atoms with Gasteiger partial charge in [-0.3, -0.25) is 0 Å². The van der Waals surface area contributed by atoms with Gasteiger partial charge in [0.2, 0.25) is 0 Å². The van der Waals surface area contributed by atoms with Gasteiger partial charge in [0.25, 0.3) is 0 Å². The standard InChI is InChI=1S/C17H28N2O/c1-4-14-5-7-16(8-6-14)17(20)13-19(3)12-15-9-10-18(2)11-15/h5-8,15,17,20H,4,9-13H2,1-3H3. The van der Waals surface area contributed by atoms with E-state index < -0.39 is 0 Å². The van der Waals surface area contributed by atoms with Gasteiger partial charge in [0.05, 0.1) is 6.10 Å². The molecule has 3 nitrogen and oxygen atoms in total. The first kappa shape index (κ1) is 15.5. The Labute approximate surface area is 123 Å². The largest absolute Gasteiger partial charge is 0.387 e. The van der Waals surface area contributed by atoms with Crippen LogP contribution in [0.5, 0.6) is 0 Å². The van der Waals surface area contributed by atoms with Crippen molar-refractivity contribution < 1.29 is 5.11 Å². The van der Waals surface area contributed by atoms with Crippen LogP contribution in [0.15, 0.2) is 24.3 Å². The zero-order chi connectivity index (χ0) is 14.5. The molecule has 0 radical (unpaired) electrons. The average Bonchev–Trinajstić information content (AvgIpc) is 2.84. The van der Waals surface area contributed by atoms with Crippen molar-refractivity contribution in [3.8, 4) is 0 Å². The molecule has 1 aromatic rings. The first-order chi connectivity index (χ1) is 9.58. The number of likely N-dealkylation sites (N-methyl/N-ethyl adjacent to an activating group) is 1. The molecule has 20 heavy (non-hydrogen) atoms. The lowest BCUT2D eigenvalue weighted by Crippen LogP contribution is -2.31. The minimum atomic E-state index is -0.384. The second-order valence-corrected chi connectivity index (χ2v) is 6.25. The molecular formula is C17H28N2O. The third-order valence-electron chi connectivity index (χ3n) is 4.32. The minimum absolute atomic E-state index is 0.384. The fourth-order valence-corrected chi connectivity index (χ4v) is 3.07. The van der Waals surface area contributed by atoms with Gasteiger partial charge >= 0.3 is 0 Å². The van der Waals surface area contributed by atoms with Crippen molar-refractivity contribution in [1.82, 2.24) is 9.80 Å². The lowest BCUT2D eigenvalue weighted by Gasteiger charge is -2.24.